The first-order valence-corrected chi connectivity index (χ1v) is 6.48. The van der Waals surface area contributed by atoms with Crippen molar-refractivity contribution in [2.45, 2.75) is 6.42 Å². The van der Waals surface area contributed by atoms with E-state index in [0.29, 0.717) is 25.1 Å². The third-order valence-electron chi connectivity index (χ3n) is 2.55. The number of carbonyl (C=O) groups excluding carboxylic acids is 2. The van der Waals surface area contributed by atoms with Gasteiger partial charge in [0.2, 0.25) is 0 Å². The molecule has 2 amide bonds. The van der Waals surface area contributed by atoms with Crippen LogP contribution in [-0.2, 0) is 14.3 Å². The van der Waals surface area contributed by atoms with Crippen LogP contribution in [0.5, 0.6) is 0 Å². The fraction of sp³-hybridized carbons (Fsp3) is 0.286. The van der Waals surface area contributed by atoms with Crippen LogP contribution in [0.2, 0.25) is 0 Å². The molecular formula is C14H17N3O5. The van der Waals surface area contributed by atoms with E-state index in [4.69, 9.17) is 9.84 Å². The number of ether oxygens (including phenoxy) is 1. The highest BCUT2D eigenvalue weighted by Gasteiger charge is 2.11. The Balaban J connectivity index is 2.39. The van der Waals surface area contributed by atoms with Gasteiger partial charge in [-0.1, -0.05) is 12.1 Å². The Morgan fingerprint density at radius 3 is 2.50 bits per heavy atom. The predicted octanol–water partition coefficient (Wildman–Crippen LogP) is -0.0124. The highest BCUT2D eigenvalue weighted by atomic mass is 16.5. The van der Waals surface area contributed by atoms with Crippen LogP contribution >= 0.6 is 0 Å². The Hall–Kier alpha value is -2.74. The second-order valence-electron chi connectivity index (χ2n) is 4.23. The van der Waals surface area contributed by atoms with Gasteiger partial charge in [-0.3, -0.25) is 9.59 Å². The minimum absolute atomic E-state index is 0.150. The molecule has 0 atom stereocenters. The number of methoxy groups -OCH3 is 1. The summed E-state index contributed by atoms with van der Waals surface area (Å²) in [6.07, 6.45) is 1.91. The number of benzene rings is 1. The highest BCUT2D eigenvalue weighted by Crippen LogP contribution is 2.02. The SMILES string of the molecule is COCCCNC(=O)C(=O)N/N=C\c1ccc(C(=O)O)cc1. The quantitative estimate of drug-likeness (QED) is 0.283. The normalized spacial score (nSPS) is 10.4. The summed E-state index contributed by atoms with van der Waals surface area (Å²) in [5.41, 5.74) is 2.82. The van der Waals surface area contributed by atoms with Crippen LogP contribution in [0.3, 0.4) is 0 Å². The molecule has 1 rings (SSSR count). The third kappa shape index (κ3) is 6.14. The Kier molecular flexibility index (Phi) is 7.27. The minimum atomic E-state index is -1.03. The van der Waals surface area contributed by atoms with Crippen molar-refractivity contribution < 1.29 is 24.2 Å². The highest BCUT2D eigenvalue weighted by molar-refractivity contribution is 6.35. The molecule has 3 N–H and O–H groups in total. The van der Waals surface area contributed by atoms with Gasteiger partial charge in [0.1, 0.15) is 0 Å². The second-order valence-corrected chi connectivity index (χ2v) is 4.23. The summed E-state index contributed by atoms with van der Waals surface area (Å²) in [7, 11) is 1.55. The number of hydrogen-bond donors (Lipinski definition) is 3. The van der Waals surface area contributed by atoms with E-state index in [1.165, 1.54) is 30.5 Å². The molecule has 0 aliphatic heterocycles. The summed E-state index contributed by atoms with van der Waals surface area (Å²) in [5.74, 6) is -2.69. The summed E-state index contributed by atoms with van der Waals surface area (Å²) in [5, 5.41) is 14.8. The van der Waals surface area contributed by atoms with E-state index in [2.05, 4.69) is 15.8 Å². The van der Waals surface area contributed by atoms with Crippen molar-refractivity contribution in [3.63, 3.8) is 0 Å². The second kappa shape index (κ2) is 9.24. The van der Waals surface area contributed by atoms with Gasteiger partial charge in [0.25, 0.3) is 0 Å². The molecule has 0 fully saturated rings. The molecule has 0 aliphatic carbocycles. The monoisotopic (exact) mass is 307 g/mol. The predicted molar refractivity (Wildman–Crippen MR) is 78.6 cm³/mol. The Morgan fingerprint density at radius 1 is 1.23 bits per heavy atom. The maximum Gasteiger partial charge on any atom is 0.335 e. The number of carbonyl (C=O) groups is 3. The molecule has 8 nitrogen and oxygen atoms in total. The third-order valence-corrected chi connectivity index (χ3v) is 2.55. The van der Waals surface area contributed by atoms with Gasteiger partial charge in [-0.05, 0) is 24.1 Å². The van der Waals surface area contributed by atoms with Gasteiger partial charge in [0.15, 0.2) is 0 Å². The van der Waals surface area contributed by atoms with E-state index in [1.807, 2.05) is 0 Å². The average molecular weight is 307 g/mol. The van der Waals surface area contributed by atoms with Gasteiger partial charge >= 0.3 is 17.8 Å². The molecular weight excluding hydrogens is 290 g/mol. The molecule has 0 bridgehead atoms. The maximum atomic E-state index is 11.4. The number of carboxylic acid groups (broad SMARTS) is 1. The lowest BCUT2D eigenvalue weighted by molar-refractivity contribution is -0.139. The van der Waals surface area contributed by atoms with E-state index in [-0.39, 0.29) is 5.56 Å². The molecule has 22 heavy (non-hydrogen) atoms. The summed E-state index contributed by atoms with van der Waals surface area (Å²) in [4.78, 5) is 33.4. The fourth-order valence-corrected chi connectivity index (χ4v) is 1.43. The van der Waals surface area contributed by atoms with Crippen molar-refractivity contribution >= 4 is 24.0 Å². The van der Waals surface area contributed by atoms with Crippen molar-refractivity contribution in [3.8, 4) is 0 Å². The number of carboxylic acids is 1. The maximum absolute atomic E-state index is 11.4. The van der Waals surface area contributed by atoms with Gasteiger partial charge in [-0.2, -0.15) is 5.10 Å². The number of aromatic carboxylic acids is 1. The van der Waals surface area contributed by atoms with Crippen LogP contribution < -0.4 is 10.7 Å². The Bertz CT molecular complexity index is 554. The molecule has 0 aliphatic rings. The summed E-state index contributed by atoms with van der Waals surface area (Å²) < 4.78 is 4.81. The Labute approximate surface area is 127 Å². The number of hydrogen-bond acceptors (Lipinski definition) is 5. The molecule has 0 aromatic heterocycles. The number of amides is 2. The van der Waals surface area contributed by atoms with Gasteiger partial charge in [-0.15, -0.1) is 0 Å². The zero-order valence-electron chi connectivity index (χ0n) is 12.0. The standard InChI is InChI=1S/C14H17N3O5/c1-22-8-2-7-15-12(18)13(19)17-16-9-10-3-5-11(6-4-10)14(20)21/h3-6,9H,2,7-8H2,1H3,(H,15,18)(H,17,19)(H,20,21)/b16-9-. The van der Waals surface area contributed by atoms with Crippen LogP contribution in [0.4, 0.5) is 0 Å². The van der Waals surface area contributed by atoms with Crippen LogP contribution in [0.1, 0.15) is 22.3 Å². The van der Waals surface area contributed by atoms with Gasteiger partial charge in [0.05, 0.1) is 11.8 Å². The fourth-order valence-electron chi connectivity index (χ4n) is 1.43. The summed E-state index contributed by atoms with van der Waals surface area (Å²) >= 11 is 0. The smallest absolute Gasteiger partial charge is 0.335 e. The molecule has 0 saturated heterocycles. The van der Waals surface area contributed by atoms with Crippen LogP contribution in [0.15, 0.2) is 29.4 Å². The molecule has 0 saturated carbocycles. The van der Waals surface area contributed by atoms with Crippen molar-refractivity contribution in [3.05, 3.63) is 35.4 Å². The first-order chi connectivity index (χ1) is 10.5. The number of nitrogens with zero attached hydrogens (tertiary/aromatic N) is 1. The molecule has 0 unspecified atom stereocenters. The van der Waals surface area contributed by atoms with Crippen molar-refractivity contribution in [1.29, 1.82) is 0 Å². The van der Waals surface area contributed by atoms with Crippen molar-refractivity contribution in [2.24, 2.45) is 5.10 Å². The molecule has 118 valence electrons. The number of rotatable bonds is 7. The van der Waals surface area contributed by atoms with Crippen LogP contribution in [0.25, 0.3) is 0 Å². The van der Waals surface area contributed by atoms with Crippen LogP contribution in [0, 0.1) is 0 Å². The topological polar surface area (TPSA) is 117 Å². The lowest BCUT2D eigenvalue weighted by Gasteiger charge is -2.03. The largest absolute Gasteiger partial charge is 0.478 e. The van der Waals surface area contributed by atoms with Gasteiger partial charge in [-0.25, -0.2) is 10.2 Å². The van der Waals surface area contributed by atoms with E-state index >= 15 is 0 Å². The molecule has 0 radical (unpaired) electrons. The number of hydrazone groups is 1. The van der Waals surface area contributed by atoms with E-state index in [0.717, 1.165) is 0 Å². The van der Waals surface area contributed by atoms with Crippen molar-refractivity contribution in [2.75, 3.05) is 20.3 Å². The Morgan fingerprint density at radius 2 is 1.91 bits per heavy atom. The molecule has 1 aromatic rings. The molecule has 0 heterocycles. The minimum Gasteiger partial charge on any atom is -0.478 e. The lowest BCUT2D eigenvalue weighted by Crippen LogP contribution is -2.38. The number of nitrogens with one attached hydrogen (secondary N) is 2. The first kappa shape index (κ1) is 17.3. The van der Waals surface area contributed by atoms with E-state index in [1.54, 1.807) is 7.11 Å². The van der Waals surface area contributed by atoms with Crippen LogP contribution in [-0.4, -0.2) is 49.4 Å². The van der Waals surface area contributed by atoms with Crippen molar-refractivity contribution in [1.82, 2.24) is 10.7 Å². The zero-order chi connectivity index (χ0) is 16.4. The summed E-state index contributed by atoms with van der Waals surface area (Å²) in [6.45, 7) is 0.826. The molecule has 8 heteroatoms. The van der Waals surface area contributed by atoms with E-state index in [9.17, 15) is 14.4 Å². The van der Waals surface area contributed by atoms with Gasteiger partial charge < -0.3 is 15.2 Å². The van der Waals surface area contributed by atoms with Gasteiger partial charge in [0, 0.05) is 20.3 Å². The molecule has 0 spiro atoms. The summed E-state index contributed by atoms with van der Waals surface area (Å²) in [6, 6.07) is 5.88. The lowest BCUT2D eigenvalue weighted by atomic mass is 10.1. The van der Waals surface area contributed by atoms with E-state index < -0.39 is 17.8 Å². The average Bonchev–Trinajstić information content (AvgIpc) is 2.51. The zero-order valence-corrected chi connectivity index (χ0v) is 12.0. The first-order valence-electron chi connectivity index (χ1n) is 6.48. The molecule has 1 aromatic carbocycles.